The molecule has 1 saturated heterocycles. The van der Waals surface area contributed by atoms with Gasteiger partial charge in [-0.2, -0.15) is 0 Å². The molecule has 1 aromatic heterocycles. The number of halogens is 1. The summed E-state index contributed by atoms with van der Waals surface area (Å²) in [5.74, 6) is -1.26. The van der Waals surface area contributed by atoms with Crippen LogP contribution in [0.15, 0.2) is 78.4 Å². The molecule has 0 saturated carbocycles. The van der Waals surface area contributed by atoms with Crippen molar-refractivity contribution in [1.29, 1.82) is 0 Å². The van der Waals surface area contributed by atoms with E-state index in [4.69, 9.17) is 16.3 Å². The van der Waals surface area contributed by atoms with Gasteiger partial charge in [0.25, 0.3) is 5.78 Å². The van der Waals surface area contributed by atoms with E-state index in [0.29, 0.717) is 33.5 Å². The first-order chi connectivity index (χ1) is 17.8. The van der Waals surface area contributed by atoms with Crippen LogP contribution in [0.5, 0.6) is 5.75 Å². The van der Waals surface area contributed by atoms with Gasteiger partial charge in [0.15, 0.2) is 0 Å². The van der Waals surface area contributed by atoms with E-state index in [1.807, 2.05) is 31.2 Å². The highest BCUT2D eigenvalue weighted by Gasteiger charge is 2.48. The van der Waals surface area contributed by atoms with Gasteiger partial charge in [0.2, 0.25) is 5.13 Å². The van der Waals surface area contributed by atoms with Crippen molar-refractivity contribution in [1.82, 2.24) is 10.2 Å². The molecule has 2 heterocycles. The van der Waals surface area contributed by atoms with E-state index in [1.165, 1.54) is 16.2 Å². The lowest BCUT2D eigenvalue weighted by atomic mass is 9.95. The fourth-order valence-corrected chi connectivity index (χ4v) is 5.01. The van der Waals surface area contributed by atoms with Gasteiger partial charge in [0, 0.05) is 10.6 Å². The molecular formula is C28H22ClN3O4S. The summed E-state index contributed by atoms with van der Waals surface area (Å²) >= 11 is 7.27. The summed E-state index contributed by atoms with van der Waals surface area (Å²) in [6, 6.07) is 20.6. The summed E-state index contributed by atoms with van der Waals surface area (Å²) in [5.41, 5.74) is 3.16. The van der Waals surface area contributed by atoms with E-state index in [0.717, 1.165) is 11.1 Å². The number of aryl methyl sites for hydroxylation is 2. The molecular weight excluding hydrogens is 510 g/mol. The standard InChI is InChI=1S/C28H22ClN3O4S/c1-16-5-3-4-6-20(16)15-36-22-13-9-19(10-14-22)25(33)23-24(18-7-11-21(29)12-8-18)32(27(35)26(23)34)28-31-30-17(2)37-28/h3-14,24,33H,15H2,1-2H3/b25-23+. The summed E-state index contributed by atoms with van der Waals surface area (Å²) in [6.45, 7) is 4.19. The first-order valence-electron chi connectivity index (χ1n) is 11.5. The number of carbonyl (C=O) groups is 2. The van der Waals surface area contributed by atoms with Crippen molar-refractivity contribution in [2.45, 2.75) is 26.5 Å². The maximum Gasteiger partial charge on any atom is 0.301 e. The second kappa shape index (κ2) is 10.2. The van der Waals surface area contributed by atoms with Crippen molar-refractivity contribution in [3.8, 4) is 5.75 Å². The molecule has 1 aliphatic rings. The van der Waals surface area contributed by atoms with E-state index in [2.05, 4.69) is 10.2 Å². The summed E-state index contributed by atoms with van der Waals surface area (Å²) in [4.78, 5) is 27.6. The SMILES string of the molecule is Cc1nnc(N2C(=O)C(=O)/C(=C(/O)c3ccc(OCc4ccccc4C)cc3)C2c2ccc(Cl)cc2)s1. The largest absolute Gasteiger partial charge is 0.507 e. The average Bonchev–Trinajstić information content (AvgIpc) is 3.44. The van der Waals surface area contributed by atoms with Gasteiger partial charge in [0.05, 0.1) is 11.6 Å². The van der Waals surface area contributed by atoms with Crippen LogP contribution in [0.2, 0.25) is 5.02 Å². The second-order valence-corrected chi connectivity index (χ2v) is 10.2. The quantitative estimate of drug-likeness (QED) is 0.186. The highest BCUT2D eigenvalue weighted by Crippen LogP contribution is 2.43. The van der Waals surface area contributed by atoms with Crippen molar-refractivity contribution in [2.75, 3.05) is 4.90 Å². The van der Waals surface area contributed by atoms with Crippen LogP contribution in [0, 0.1) is 13.8 Å². The second-order valence-electron chi connectivity index (χ2n) is 8.56. The third kappa shape index (κ3) is 4.85. The molecule has 1 atom stereocenters. The topological polar surface area (TPSA) is 92.6 Å². The lowest BCUT2D eigenvalue weighted by Gasteiger charge is -2.22. The number of hydrogen-bond acceptors (Lipinski definition) is 7. The molecule has 0 spiro atoms. The molecule has 5 rings (SSSR count). The molecule has 1 aliphatic heterocycles. The Kier molecular flexibility index (Phi) is 6.78. The molecule has 7 nitrogen and oxygen atoms in total. The first-order valence-corrected chi connectivity index (χ1v) is 12.7. The fraction of sp³-hybridized carbons (Fsp3) is 0.143. The van der Waals surface area contributed by atoms with Gasteiger partial charge >= 0.3 is 5.91 Å². The van der Waals surface area contributed by atoms with E-state index >= 15 is 0 Å². The van der Waals surface area contributed by atoms with Crippen molar-refractivity contribution in [3.05, 3.63) is 111 Å². The van der Waals surface area contributed by atoms with E-state index in [1.54, 1.807) is 55.5 Å². The Morgan fingerprint density at radius 2 is 1.70 bits per heavy atom. The minimum atomic E-state index is -0.887. The molecule has 186 valence electrons. The molecule has 0 bridgehead atoms. The molecule has 3 aromatic carbocycles. The van der Waals surface area contributed by atoms with Gasteiger partial charge in [0.1, 0.15) is 23.1 Å². The van der Waals surface area contributed by atoms with Crippen LogP contribution in [-0.2, 0) is 16.2 Å². The lowest BCUT2D eigenvalue weighted by Crippen LogP contribution is -2.29. The number of hydrogen-bond donors (Lipinski definition) is 1. The van der Waals surface area contributed by atoms with Crippen LogP contribution >= 0.6 is 22.9 Å². The Bertz CT molecular complexity index is 1510. The van der Waals surface area contributed by atoms with Crippen molar-refractivity contribution >= 4 is 45.5 Å². The highest BCUT2D eigenvalue weighted by molar-refractivity contribution is 7.15. The molecule has 37 heavy (non-hydrogen) atoms. The number of Topliss-reactive ketones (excluding diaryl/α,β-unsaturated/α-hetero) is 1. The van der Waals surface area contributed by atoms with Gasteiger partial charge in [-0.05, 0) is 66.9 Å². The van der Waals surface area contributed by atoms with E-state index in [9.17, 15) is 14.7 Å². The maximum atomic E-state index is 13.2. The van der Waals surface area contributed by atoms with Crippen molar-refractivity contribution in [2.24, 2.45) is 0 Å². The van der Waals surface area contributed by atoms with E-state index in [-0.39, 0.29) is 16.5 Å². The Morgan fingerprint density at radius 3 is 2.35 bits per heavy atom. The average molecular weight is 532 g/mol. The molecule has 9 heteroatoms. The number of aliphatic hydroxyl groups is 1. The summed E-state index contributed by atoms with van der Waals surface area (Å²) in [5, 5.41) is 20.8. The number of amides is 1. The normalized spacial score (nSPS) is 16.8. The van der Waals surface area contributed by atoms with Gasteiger partial charge in [-0.25, -0.2) is 0 Å². The number of rotatable bonds is 6. The minimum Gasteiger partial charge on any atom is -0.507 e. The Hall–Kier alpha value is -4.01. The zero-order chi connectivity index (χ0) is 26.1. The third-order valence-corrected chi connectivity index (χ3v) is 7.22. The molecule has 0 aliphatic carbocycles. The Balaban J connectivity index is 1.50. The minimum absolute atomic E-state index is 0.0336. The van der Waals surface area contributed by atoms with Gasteiger partial charge < -0.3 is 9.84 Å². The number of ketones is 1. The van der Waals surface area contributed by atoms with Crippen LogP contribution in [0.3, 0.4) is 0 Å². The van der Waals surface area contributed by atoms with E-state index < -0.39 is 17.7 Å². The Labute approximate surface area is 222 Å². The van der Waals surface area contributed by atoms with Crippen LogP contribution < -0.4 is 9.64 Å². The predicted molar refractivity (Wildman–Crippen MR) is 143 cm³/mol. The van der Waals surface area contributed by atoms with Crippen LogP contribution in [-0.4, -0.2) is 27.0 Å². The fourth-order valence-electron chi connectivity index (χ4n) is 4.17. The highest BCUT2D eigenvalue weighted by atomic mass is 35.5. The summed E-state index contributed by atoms with van der Waals surface area (Å²) in [7, 11) is 0. The number of carbonyl (C=O) groups excluding carboxylic acids is 2. The lowest BCUT2D eigenvalue weighted by molar-refractivity contribution is -0.132. The third-order valence-electron chi connectivity index (χ3n) is 6.13. The smallest absolute Gasteiger partial charge is 0.301 e. The molecule has 1 amide bonds. The predicted octanol–water partition coefficient (Wildman–Crippen LogP) is 6.01. The Morgan fingerprint density at radius 1 is 1.00 bits per heavy atom. The number of anilines is 1. The summed E-state index contributed by atoms with van der Waals surface area (Å²) < 4.78 is 5.90. The maximum absolute atomic E-state index is 13.2. The van der Waals surface area contributed by atoms with Crippen LogP contribution in [0.4, 0.5) is 5.13 Å². The van der Waals surface area contributed by atoms with Crippen LogP contribution in [0.25, 0.3) is 5.76 Å². The number of aromatic nitrogens is 2. The van der Waals surface area contributed by atoms with Crippen molar-refractivity contribution in [3.63, 3.8) is 0 Å². The summed E-state index contributed by atoms with van der Waals surface area (Å²) in [6.07, 6.45) is 0. The van der Waals surface area contributed by atoms with Gasteiger partial charge in [-0.15, -0.1) is 10.2 Å². The van der Waals surface area contributed by atoms with Crippen molar-refractivity contribution < 1.29 is 19.4 Å². The number of ether oxygens (including phenoxy) is 1. The molecule has 1 unspecified atom stereocenters. The monoisotopic (exact) mass is 531 g/mol. The number of benzene rings is 3. The zero-order valence-corrected chi connectivity index (χ0v) is 21.6. The molecule has 1 fully saturated rings. The number of nitrogens with zero attached hydrogens (tertiary/aromatic N) is 3. The number of aliphatic hydroxyl groups excluding tert-OH is 1. The molecule has 4 aromatic rings. The van der Waals surface area contributed by atoms with Crippen LogP contribution in [0.1, 0.15) is 33.3 Å². The van der Waals surface area contributed by atoms with Gasteiger partial charge in [-0.1, -0.05) is 59.3 Å². The first kappa shape index (κ1) is 24.7. The zero-order valence-electron chi connectivity index (χ0n) is 20.0. The molecule has 0 radical (unpaired) electrons. The van der Waals surface area contributed by atoms with Gasteiger partial charge in [-0.3, -0.25) is 14.5 Å². The molecule has 1 N–H and O–H groups in total.